The first-order chi connectivity index (χ1) is 19.6. The minimum absolute atomic E-state index is 0.0547. The van der Waals surface area contributed by atoms with Crippen molar-refractivity contribution in [3.05, 3.63) is 33.5 Å². The molecule has 2 fully saturated rings. The minimum atomic E-state index is -5.08. The number of aliphatic carboxylic acids is 2. The van der Waals surface area contributed by atoms with Crippen molar-refractivity contribution in [1.29, 1.82) is 0 Å². The molecule has 2 aliphatic heterocycles. The summed E-state index contributed by atoms with van der Waals surface area (Å²) in [5.41, 5.74) is 1.38. The van der Waals surface area contributed by atoms with Gasteiger partial charge in [-0.1, -0.05) is 12.8 Å². The molecule has 5 rings (SSSR count). The van der Waals surface area contributed by atoms with E-state index in [9.17, 15) is 31.1 Å². The highest BCUT2D eigenvalue weighted by Crippen LogP contribution is 2.30. The van der Waals surface area contributed by atoms with Crippen LogP contribution in [0, 0.1) is 6.92 Å². The number of fused-ring (bicyclic) bond motifs is 3. The van der Waals surface area contributed by atoms with Crippen LogP contribution < -0.4 is 5.32 Å². The van der Waals surface area contributed by atoms with E-state index in [-0.39, 0.29) is 11.9 Å². The Hall–Kier alpha value is -3.25. The molecule has 11 nitrogen and oxygen atoms in total. The molecule has 1 saturated carbocycles. The largest absolute Gasteiger partial charge is 0.490 e. The molecule has 0 aromatic carbocycles. The molecule has 2 aromatic heterocycles. The predicted octanol–water partition coefficient (Wildman–Crippen LogP) is 3.46. The van der Waals surface area contributed by atoms with Gasteiger partial charge in [0.05, 0.1) is 6.04 Å². The number of carboxylic acids is 2. The van der Waals surface area contributed by atoms with Gasteiger partial charge in [0.25, 0.3) is 5.91 Å². The topological polar surface area (TPSA) is 141 Å². The molecular formula is C24H30F6N6O5S. The molecule has 1 amide bonds. The Bertz CT molecular complexity index is 1220. The van der Waals surface area contributed by atoms with E-state index >= 15 is 0 Å². The number of aryl methyl sites for hydroxylation is 1. The standard InChI is InChI=1S/C20H28N6OS.2C2HF3O2/c1-14-6-11-28-17(14)13-24-7-8-25-9-10-26-18(16(25)12-24)22-23-19(26)20(27)21-15-4-2-3-5-15;2*3-2(4,5)1(6)7/h6,11,15-16H,2-5,7-10,12-13H2,1H3,(H,21,27);2*(H,6,7). The molecule has 1 atom stereocenters. The van der Waals surface area contributed by atoms with Crippen LogP contribution in [0.4, 0.5) is 26.3 Å². The van der Waals surface area contributed by atoms with Crippen LogP contribution in [0.1, 0.15) is 58.6 Å². The number of carbonyl (C=O) groups is 3. The highest BCUT2D eigenvalue weighted by molar-refractivity contribution is 7.10. The monoisotopic (exact) mass is 628 g/mol. The van der Waals surface area contributed by atoms with E-state index < -0.39 is 24.3 Å². The lowest BCUT2D eigenvalue weighted by atomic mass is 10.1. The van der Waals surface area contributed by atoms with Gasteiger partial charge in [-0.05, 0) is 36.8 Å². The Morgan fingerprint density at radius 3 is 2.07 bits per heavy atom. The molecule has 0 radical (unpaired) electrons. The van der Waals surface area contributed by atoms with Gasteiger partial charge in [-0.25, -0.2) is 9.59 Å². The van der Waals surface area contributed by atoms with E-state index in [4.69, 9.17) is 19.8 Å². The van der Waals surface area contributed by atoms with E-state index in [0.29, 0.717) is 11.9 Å². The van der Waals surface area contributed by atoms with Crippen molar-refractivity contribution in [1.82, 2.24) is 29.9 Å². The number of nitrogens with one attached hydrogen (secondary N) is 1. The van der Waals surface area contributed by atoms with Gasteiger partial charge < -0.3 is 20.1 Å². The van der Waals surface area contributed by atoms with Gasteiger partial charge in [0.15, 0.2) is 5.82 Å². The lowest BCUT2D eigenvalue weighted by Gasteiger charge is -2.43. The average molecular weight is 629 g/mol. The number of alkyl halides is 6. The van der Waals surface area contributed by atoms with Crippen molar-refractivity contribution in [3.63, 3.8) is 0 Å². The second-order valence-electron chi connectivity index (χ2n) is 9.91. The van der Waals surface area contributed by atoms with Gasteiger partial charge in [0.1, 0.15) is 0 Å². The van der Waals surface area contributed by atoms with Gasteiger partial charge in [-0.15, -0.1) is 21.5 Å². The third-order valence-corrected chi connectivity index (χ3v) is 7.99. The van der Waals surface area contributed by atoms with Crippen LogP contribution in [0.5, 0.6) is 0 Å². The maximum absolute atomic E-state index is 12.8. The van der Waals surface area contributed by atoms with Crippen LogP contribution in [-0.4, -0.2) is 97.2 Å². The Balaban J connectivity index is 0.000000289. The molecule has 0 bridgehead atoms. The molecule has 42 heavy (non-hydrogen) atoms. The van der Waals surface area contributed by atoms with E-state index in [0.717, 1.165) is 57.9 Å². The lowest BCUT2D eigenvalue weighted by molar-refractivity contribution is -0.193. The molecule has 234 valence electrons. The fourth-order valence-corrected chi connectivity index (χ4v) is 5.75. The first-order valence-electron chi connectivity index (χ1n) is 12.9. The first-order valence-corrected chi connectivity index (χ1v) is 13.8. The highest BCUT2D eigenvalue weighted by atomic mass is 32.1. The molecule has 0 spiro atoms. The van der Waals surface area contributed by atoms with Crippen LogP contribution in [0.25, 0.3) is 0 Å². The van der Waals surface area contributed by atoms with Crippen molar-refractivity contribution in [3.8, 4) is 0 Å². The Morgan fingerprint density at radius 1 is 0.976 bits per heavy atom. The number of aromatic nitrogens is 3. The minimum Gasteiger partial charge on any atom is -0.475 e. The summed E-state index contributed by atoms with van der Waals surface area (Å²) in [5, 5.41) is 28.4. The summed E-state index contributed by atoms with van der Waals surface area (Å²) < 4.78 is 65.5. The SMILES string of the molecule is Cc1ccsc1CN1CCN2CCn3c(C(=O)NC4CCCC4)nnc3C2C1.O=C(O)C(F)(F)F.O=C(O)C(F)(F)F. The Kier molecular flexibility index (Phi) is 10.9. The summed E-state index contributed by atoms with van der Waals surface area (Å²) in [5.74, 6) is -4.12. The number of nitrogens with zero attached hydrogens (tertiary/aromatic N) is 5. The van der Waals surface area contributed by atoms with E-state index in [1.165, 1.54) is 23.3 Å². The molecule has 1 saturated heterocycles. The highest BCUT2D eigenvalue weighted by Gasteiger charge is 2.39. The van der Waals surface area contributed by atoms with Crippen molar-refractivity contribution in [2.75, 3.05) is 26.2 Å². The summed E-state index contributed by atoms with van der Waals surface area (Å²) >= 11 is 1.84. The van der Waals surface area contributed by atoms with Crippen LogP contribution in [0.2, 0.25) is 0 Å². The van der Waals surface area contributed by atoms with Crippen molar-refractivity contribution in [2.24, 2.45) is 0 Å². The quantitative estimate of drug-likeness (QED) is 0.434. The van der Waals surface area contributed by atoms with Gasteiger partial charge in [0, 0.05) is 50.2 Å². The van der Waals surface area contributed by atoms with Crippen LogP contribution in [-0.2, 0) is 22.7 Å². The summed E-state index contributed by atoms with van der Waals surface area (Å²) in [6, 6.07) is 2.73. The van der Waals surface area contributed by atoms with Crippen LogP contribution >= 0.6 is 11.3 Å². The number of hydrogen-bond acceptors (Lipinski definition) is 8. The molecule has 2 aromatic rings. The number of carboxylic acid groups (broad SMARTS) is 2. The third kappa shape index (κ3) is 8.87. The normalized spacial score (nSPS) is 19.5. The number of halogens is 6. The van der Waals surface area contributed by atoms with Crippen molar-refractivity contribution >= 4 is 29.2 Å². The number of carbonyl (C=O) groups excluding carboxylic acids is 1. The zero-order chi connectivity index (χ0) is 31.2. The van der Waals surface area contributed by atoms with Gasteiger partial charge in [0.2, 0.25) is 5.82 Å². The fraction of sp³-hybridized carbons (Fsp3) is 0.625. The van der Waals surface area contributed by atoms with Gasteiger partial charge in [-0.2, -0.15) is 26.3 Å². The molecule has 3 N–H and O–H groups in total. The second kappa shape index (κ2) is 13.8. The molecule has 3 aliphatic rings. The zero-order valence-corrected chi connectivity index (χ0v) is 23.2. The number of piperazine rings is 1. The summed E-state index contributed by atoms with van der Waals surface area (Å²) in [4.78, 5) is 37.0. The average Bonchev–Trinajstić information content (AvgIpc) is 3.65. The Labute approximate surface area is 240 Å². The lowest BCUT2D eigenvalue weighted by Crippen LogP contribution is -2.52. The second-order valence-corrected chi connectivity index (χ2v) is 10.9. The zero-order valence-electron chi connectivity index (χ0n) is 22.4. The van der Waals surface area contributed by atoms with Gasteiger partial charge in [-0.3, -0.25) is 14.6 Å². The number of rotatable bonds is 4. The van der Waals surface area contributed by atoms with Crippen molar-refractivity contribution in [2.45, 2.75) is 70.1 Å². The van der Waals surface area contributed by atoms with Crippen LogP contribution in [0.3, 0.4) is 0 Å². The van der Waals surface area contributed by atoms with Crippen LogP contribution in [0.15, 0.2) is 11.4 Å². The predicted molar refractivity (Wildman–Crippen MR) is 136 cm³/mol. The first kappa shape index (κ1) is 33.3. The number of hydrogen-bond donors (Lipinski definition) is 3. The summed E-state index contributed by atoms with van der Waals surface area (Å²) in [7, 11) is 0. The van der Waals surface area contributed by atoms with E-state index in [1.807, 2.05) is 11.3 Å². The maximum Gasteiger partial charge on any atom is 0.490 e. The fourth-order valence-electron chi connectivity index (χ4n) is 4.80. The summed E-state index contributed by atoms with van der Waals surface area (Å²) in [6.45, 7) is 8.02. The van der Waals surface area contributed by atoms with Gasteiger partial charge >= 0.3 is 24.3 Å². The third-order valence-electron chi connectivity index (χ3n) is 6.98. The molecule has 18 heteroatoms. The van der Waals surface area contributed by atoms with E-state index in [2.05, 4.69) is 48.3 Å². The molecular weight excluding hydrogens is 598 g/mol. The number of amides is 1. The smallest absolute Gasteiger partial charge is 0.475 e. The maximum atomic E-state index is 12.8. The summed E-state index contributed by atoms with van der Waals surface area (Å²) in [6.07, 6.45) is -5.58. The van der Waals surface area contributed by atoms with E-state index in [1.54, 1.807) is 0 Å². The Morgan fingerprint density at radius 2 is 1.55 bits per heavy atom. The molecule has 1 aliphatic carbocycles. The number of thiophene rings is 1. The molecule has 1 unspecified atom stereocenters. The molecule has 4 heterocycles. The van der Waals surface area contributed by atoms with Crippen molar-refractivity contribution < 1.29 is 50.9 Å².